The Morgan fingerprint density at radius 2 is 2.10 bits per heavy atom. The van der Waals surface area contributed by atoms with E-state index in [1.165, 1.54) is 11.4 Å². The lowest BCUT2D eigenvalue weighted by Gasteiger charge is -2.35. The van der Waals surface area contributed by atoms with Gasteiger partial charge in [-0.1, -0.05) is 19.1 Å². The molecule has 2 atom stereocenters. The van der Waals surface area contributed by atoms with Gasteiger partial charge in [0.05, 0.1) is 24.7 Å². The Morgan fingerprint density at radius 1 is 1.38 bits per heavy atom. The number of hydrogen-bond donors (Lipinski definition) is 0. The van der Waals surface area contributed by atoms with Crippen LogP contribution in [-0.4, -0.2) is 41.0 Å². The zero-order chi connectivity index (χ0) is 15.6. The molecule has 6 heteroatoms. The Hall–Kier alpha value is -1.27. The molecule has 0 unspecified atom stereocenters. The van der Waals surface area contributed by atoms with Gasteiger partial charge in [-0.05, 0) is 30.9 Å². The summed E-state index contributed by atoms with van der Waals surface area (Å²) in [6.07, 6.45) is 0.466. The van der Waals surface area contributed by atoms with Crippen LogP contribution in [-0.2, 0) is 14.8 Å². The molecule has 21 heavy (non-hydrogen) atoms. The monoisotopic (exact) mass is 313 g/mol. The zero-order valence-corrected chi connectivity index (χ0v) is 13.8. The Balaban J connectivity index is 2.47. The van der Waals surface area contributed by atoms with E-state index >= 15 is 0 Å². The van der Waals surface area contributed by atoms with E-state index in [0.717, 1.165) is 12.0 Å². The SMILES string of the molecule is COc1cccc2c1N(S(=O)(=O)C[C@@H](C)OC)CC[C@H]2C. The minimum Gasteiger partial charge on any atom is -0.495 e. The molecule has 1 aliphatic rings. The molecule has 1 aliphatic heterocycles. The van der Waals surface area contributed by atoms with Crippen molar-refractivity contribution in [2.75, 3.05) is 30.8 Å². The van der Waals surface area contributed by atoms with E-state index in [1.807, 2.05) is 12.1 Å². The molecule has 0 spiro atoms. The summed E-state index contributed by atoms with van der Waals surface area (Å²) in [7, 11) is -0.348. The van der Waals surface area contributed by atoms with Gasteiger partial charge in [-0.15, -0.1) is 0 Å². The molecule has 0 fully saturated rings. The molecule has 0 saturated carbocycles. The highest BCUT2D eigenvalue weighted by Crippen LogP contribution is 2.42. The number of methoxy groups -OCH3 is 2. The summed E-state index contributed by atoms with van der Waals surface area (Å²) in [5.74, 6) is 0.893. The lowest BCUT2D eigenvalue weighted by molar-refractivity contribution is 0.136. The number of benzene rings is 1. The highest BCUT2D eigenvalue weighted by Gasteiger charge is 2.33. The number of ether oxygens (including phenoxy) is 2. The summed E-state index contributed by atoms with van der Waals surface area (Å²) in [5, 5.41) is 0. The summed E-state index contributed by atoms with van der Waals surface area (Å²) in [5.41, 5.74) is 1.70. The fourth-order valence-electron chi connectivity index (χ4n) is 2.68. The van der Waals surface area contributed by atoms with Crippen LogP contribution in [0.2, 0.25) is 0 Å². The van der Waals surface area contributed by atoms with Gasteiger partial charge in [-0.25, -0.2) is 8.42 Å². The highest BCUT2D eigenvalue weighted by molar-refractivity contribution is 7.92. The molecule has 0 bridgehead atoms. The van der Waals surface area contributed by atoms with E-state index in [4.69, 9.17) is 9.47 Å². The van der Waals surface area contributed by atoms with Crippen LogP contribution in [0.25, 0.3) is 0 Å². The minimum atomic E-state index is -3.44. The Kier molecular flexibility index (Phi) is 4.78. The van der Waals surface area contributed by atoms with Crippen LogP contribution in [0.4, 0.5) is 5.69 Å². The molecule has 1 aromatic rings. The normalized spacial score (nSPS) is 20.0. The first kappa shape index (κ1) is 16.1. The van der Waals surface area contributed by atoms with Crippen LogP contribution in [0.1, 0.15) is 31.7 Å². The first-order chi connectivity index (χ1) is 9.90. The van der Waals surface area contributed by atoms with Crippen molar-refractivity contribution in [3.05, 3.63) is 23.8 Å². The molecule has 0 aliphatic carbocycles. The molecular weight excluding hydrogens is 290 g/mol. The smallest absolute Gasteiger partial charge is 0.237 e. The van der Waals surface area contributed by atoms with E-state index in [0.29, 0.717) is 23.9 Å². The number of nitrogens with zero attached hydrogens (tertiary/aromatic N) is 1. The van der Waals surface area contributed by atoms with Gasteiger partial charge < -0.3 is 9.47 Å². The molecule has 0 saturated heterocycles. The minimum absolute atomic E-state index is 0.0324. The fraction of sp³-hybridized carbons (Fsp3) is 0.600. The maximum Gasteiger partial charge on any atom is 0.237 e. The Labute approximate surface area is 126 Å². The average molecular weight is 313 g/mol. The van der Waals surface area contributed by atoms with Crippen molar-refractivity contribution >= 4 is 15.7 Å². The Bertz CT molecular complexity index is 600. The number of rotatable bonds is 5. The fourth-order valence-corrected chi connectivity index (χ4v) is 4.45. The van der Waals surface area contributed by atoms with Crippen LogP contribution in [0, 0.1) is 0 Å². The second kappa shape index (κ2) is 6.23. The third-order valence-corrected chi connectivity index (χ3v) is 5.91. The van der Waals surface area contributed by atoms with Crippen LogP contribution >= 0.6 is 0 Å². The molecule has 0 amide bonds. The van der Waals surface area contributed by atoms with Crippen molar-refractivity contribution in [3.63, 3.8) is 0 Å². The van der Waals surface area contributed by atoms with Crippen molar-refractivity contribution in [2.45, 2.75) is 32.3 Å². The van der Waals surface area contributed by atoms with Gasteiger partial charge in [-0.3, -0.25) is 4.31 Å². The summed E-state index contributed by atoms with van der Waals surface area (Å²) >= 11 is 0. The predicted molar refractivity (Wildman–Crippen MR) is 83.6 cm³/mol. The first-order valence-corrected chi connectivity index (χ1v) is 8.71. The van der Waals surface area contributed by atoms with Crippen molar-refractivity contribution in [2.24, 2.45) is 0 Å². The van der Waals surface area contributed by atoms with Gasteiger partial charge in [0.25, 0.3) is 0 Å². The molecular formula is C15H23NO4S. The molecule has 0 N–H and O–H groups in total. The van der Waals surface area contributed by atoms with Gasteiger partial charge >= 0.3 is 0 Å². The molecule has 1 aromatic carbocycles. The average Bonchev–Trinajstić information content (AvgIpc) is 2.46. The topological polar surface area (TPSA) is 55.8 Å². The van der Waals surface area contributed by atoms with Crippen molar-refractivity contribution in [1.29, 1.82) is 0 Å². The van der Waals surface area contributed by atoms with E-state index < -0.39 is 10.0 Å². The summed E-state index contributed by atoms with van der Waals surface area (Å²) in [6.45, 7) is 4.35. The highest BCUT2D eigenvalue weighted by atomic mass is 32.2. The second-order valence-corrected chi connectivity index (χ2v) is 7.42. The number of sulfonamides is 1. The predicted octanol–water partition coefficient (Wildman–Crippen LogP) is 2.37. The molecule has 1 heterocycles. The molecule has 0 aromatic heterocycles. The summed E-state index contributed by atoms with van der Waals surface area (Å²) < 4.78 is 37.3. The standard InChI is InChI=1S/C15H23NO4S/c1-11-8-9-16(21(17,18)10-12(2)19-3)15-13(11)6-5-7-14(15)20-4/h5-7,11-12H,8-10H2,1-4H3/t11-,12-/m1/s1. The number of hydrogen-bond acceptors (Lipinski definition) is 4. The van der Waals surface area contributed by atoms with Crippen LogP contribution in [0.3, 0.4) is 0 Å². The summed E-state index contributed by atoms with van der Waals surface area (Å²) in [4.78, 5) is 0. The lowest BCUT2D eigenvalue weighted by atomic mass is 9.92. The van der Waals surface area contributed by atoms with Crippen molar-refractivity contribution in [3.8, 4) is 5.75 Å². The quantitative estimate of drug-likeness (QED) is 0.837. The van der Waals surface area contributed by atoms with Gasteiger partial charge in [0, 0.05) is 13.7 Å². The largest absolute Gasteiger partial charge is 0.495 e. The van der Waals surface area contributed by atoms with Crippen LogP contribution in [0.5, 0.6) is 5.75 Å². The van der Waals surface area contributed by atoms with Gasteiger partial charge in [0.2, 0.25) is 10.0 Å². The van der Waals surface area contributed by atoms with Crippen LogP contribution < -0.4 is 9.04 Å². The van der Waals surface area contributed by atoms with Gasteiger partial charge in [-0.2, -0.15) is 0 Å². The summed E-state index contributed by atoms with van der Waals surface area (Å²) in [6, 6.07) is 5.69. The molecule has 5 nitrogen and oxygen atoms in total. The zero-order valence-electron chi connectivity index (χ0n) is 13.0. The van der Waals surface area contributed by atoms with E-state index in [2.05, 4.69) is 6.92 Å². The second-order valence-electron chi connectivity index (χ2n) is 5.48. The Morgan fingerprint density at radius 3 is 2.71 bits per heavy atom. The first-order valence-electron chi connectivity index (χ1n) is 7.10. The van der Waals surface area contributed by atoms with Gasteiger partial charge in [0.15, 0.2) is 0 Å². The van der Waals surface area contributed by atoms with Crippen LogP contribution in [0.15, 0.2) is 18.2 Å². The third-order valence-electron chi connectivity index (χ3n) is 3.98. The molecule has 0 radical (unpaired) electrons. The van der Waals surface area contributed by atoms with E-state index in [-0.39, 0.29) is 11.9 Å². The number of para-hydroxylation sites is 1. The third kappa shape index (κ3) is 3.16. The van der Waals surface area contributed by atoms with E-state index in [1.54, 1.807) is 20.1 Å². The lowest BCUT2D eigenvalue weighted by Crippen LogP contribution is -2.40. The number of anilines is 1. The van der Waals surface area contributed by atoms with Gasteiger partial charge in [0.1, 0.15) is 5.75 Å². The van der Waals surface area contributed by atoms with Crippen molar-refractivity contribution in [1.82, 2.24) is 0 Å². The van der Waals surface area contributed by atoms with E-state index in [9.17, 15) is 8.42 Å². The van der Waals surface area contributed by atoms with Crippen molar-refractivity contribution < 1.29 is 17.9 Å². The molecule has 118 valence electrons. The maximum atomic E-state index is 12.7. The number of fused-ring (bicyclic) bond motifs is 1. The maximum absolute atomic E-state index is 12.7. The molecule has 2 rings (SSSR count).